The highest BCUT2D eigenvalue weighted by Gasteiger charge is 2.13. The maximum absolute atomic E-state index is 13.5. The Kier molecular flexibility index (Phi) is 6.15. The van der Waals surface area contributed by atoms with Crippen LogP contribution in [0.15, 0.2) is 40.9 Å². The molecule has 3 rings (SSSR count). The Hall–Kier alpha value is -1.37. The molecule has 0 bridgehead atoms. The van der Waals surface area contributed by atoms with Crippen LogP contribution in [0.5, 0.6) is 0 Å². The van der Waals surface area contributed by atoms with Crippen LogP contribution >= 0.6 is 27.7 Å². The average Bonchev–Trinajstić information content (AvgIpc) is 2.57. The molecular formula is C19H20BrFN2OS. The van der Waals surface area contributed by atoms with Crippen molar-refractivity contribution in [1.29, 1.82) is 0 Å². The maximum atomic E-state index is 13.5. The van der Waals surface area contributed by atoms with Crippen molar-refractivity contribution in [2.75, 3.05) is 29.9 Å². The van der Waals surface area contributed by atoms with Gasteiger partial charge in [-0.3, -0.25) is 9.69 Å². The van der Waals surface area contributed by atoms with Crippen LogP contribution < -0.4 is 5.32 Å². The lowest BCUT2D eigenvalue weighted by Gasteiger charge is -2.26. The van der Waals surface area contributed by atoms with E-state index < -0.39 is 5.82 Å². The first kappa shape index (κ1) is 18.4. The van der Waals surface area contributed by atoms with E-state index in [1.54, 1.807) is 6.07 Å². The molecule has 1 saturated heterocycles. The average molecular weight is 423 g/mol. The molecule has 2 aromatic rings. The summed E-state index contributed by atoms with van der Waals surface area (Å²) in [6.45, 7) is 5.16. The topological polar surface area (TPSA) is 32.3 Å². The largest absolute Gasteiger partial charge is 0.322 e. The molecule has 132 valence electrons. The Morgan fingerprint density at radius 2 is 2.00 bits per heavy atom. The number of rotatable bonds is 4. The van der Waals surface area contributed by atoms with Crippen molar-refractivity contribution in [3.05, 3.63) is 63.4 Å². The van der Waals surface area contributed by atoms with Gasteiger partial charge in [0.25, 0.3) is 5.91 Å². The standard InChI is InChI=1S/C19H20BrFN2OS/c1-13-8-14(12-23-4-6-25-7-5-23)2-3-18(13)22-19(24)15-9-16(20)11-17(21)10-15/h2-3,8-11H,4-7,12H2,1H3,(H,22,24). The van der Waals surface area contributed by atoms with E-state index in [0.717, 1.165) is 30.9 Å². The molecular weight excluding hydrogens is 403 g/mol. The third kappa shape index (κ3) is 5.06. The van der Waals surface area contributed by atoms with E-state index in [9.17, 15) is 9.18 Å². The molecule has 0 atom stereocenters. The molecule has 1 heterocycles. The van der Waals surface area contributed by atoms with Gasteiger partial charge in [-0.1, -0.05) is 28.1 Å². The SMILES string of the molecule is Cc1cc(CN2CCSCC2)ccc1NC(=O)c1cc(F)cc(Br)c1. The van der Waals surface area contributed by atoms with Gasteiger partial charge < -0.3 is 5.32 Å². The predicted octanol–water partition coefficient (Wildman–Crippen LogP) is 4.70. The number of hydrogen-bond acceptors (Lipinski definition) is 3. The zero-order valence-corrected chi connectivity index (χ0v) is 16.4. The Bertz CT molecular complexity index is 758. The van der Waals surface area contributed by atoms with Crippen LogP contribution in [0.25, 0.3) is 0 Å². The molecule has 0 aliphatic carbocycles. The summed E-state index contributed by atoms with van der Waals surface area (Å²) in [4.78, 5) is 14.8. The number of amides is 1. The molecule has 0 radical (unpaired) electrons. The van der Waals surface area contributed by atoms with E-state index in [2.05, 4.69) is 32.2 Å². The number of halogens is 2. The van der Waals surface area contributed by atoms with Crippen LogP contribution in [0.3, 0.4) is 0 Å². The Labute approximate surface area is 160 Å². The van der Waals surface area contributed by atoms with Crippen molar-refractivity contribution in [3.8, 4) is 0 Å². The highest BCUT2D eigenvalue weighted by atomic mass is 79.9. The van der Waals surface area contributed by atoms with E-state index in [0.29, 0.717) is 10.0 Å². The van der Waals surface area contributed by atoms with Gasteiger partial charge in [-0.25, -0.2) is 4.39 Å². The molecule has 1 fully saturated rings. The smallest absolute Gasteiger partial charge is 0.255 e. The van der Waals surface area contributed by atoms with Crippen LogP contribution in [0.1, 0.15) is 21.5 Å². The second-order valence-corrected chi connectivity index (χ2v) is 8.29. The van der Waals surface area contributed by atoms with Crippen molar-refractivity contribution in [2.24, 2.45) is 0 Å². The fourth-order valence-corrected chi connectivity index (χ4v) is 4.31. The summed E-state index contributed by atoms with van der Waals surface area (Å²) in [5.41, 5.74) is 3.30. The number of thioether (sulfide) groups is 1. The molecule has 3 nitrogen and oxygen atoms in total. The fraction of sp³-hybridized carbons (Fsp3) is 0.316. The third-order valence-electron chi connectivity index (χ3n) is 4.17. The molecule has 6 heteroatoms. The van der Waals surface area contributed by atoms with E-state index in [-0.39, 0.29) is 5.91 Å². The van der Waals surface area contributed by atoms with Crippen molar-refractivity contribution < 1.29 is 9.18 Å². The zero-order chi connectivity index (χ0) is 17.8. The molecule has 1 N–H and O–H groups in total. The van der Waals surface area contributed by atoms with Gasteiger partial charge in [0.2, 0.25) is 0 Å². The number of anilines is 1. The van der Waals surface area contributed by atoms with Gasteiger partial charge in [0, 0.05) is 46.9 Å². The summed E-state index contributed by atoms with van der Waals surface area (Å²) in [6, 6.07) is 10.3. The van der Waals surface area contributed by atoms with Crippen LogP contribution in [0.2, 0.25) is 0 Å². The second kappa shape index (κ2) is 8.34. The van der Waals surface area contributed by atoms with Gasteiger partial charge in [-0.15, -0.1) is 0 Å². The zero-order valence-electron chi connectivity index (χ0n) is 14.0. The first-order valence-corrected chi connectivity index (χ1v) is 10.1. The van der Waals surface area contributed by atoms with Crippen molar-refractivity contribution in [3.63, 3.8) is 0 Å². The number of nitrogens with zero attached hydrogens (tertiary/aromatic N) is 1. The number of carbonyl (C=O) groups is 1. The number of carbonyl (C=O) groups excluding carboxylic acids is 1. The van der Waals surface area contributed by atoms with Gasteiger partial charge in [-0.05, 0) is 42.3 Å². The predicted molar refractivity (Wildman–Crippen MR) is 106 cm³/mol. The first-order chi connectivity index (χ1) is 12.0. The fourth-order valence-electron chi connectivity index (χ4n) is 2.86. The highest BCUT2D eigenvalue weighted by Crippen LogP contribution is 2.21. The molecule has 0 aromatic heterocycles. The molecule has 2 aromatic carbocycles. The first-order valence-electron chi connectivity index (χ1n) is 8.18. The molecule has 1 aliphatic heterocycles. The second-order valence-electron chi connectivity index (χ2n) is 6.15. The van der Waals surface area contributed by atoms with Crippen LogP contribution in [0, 0.1) is 12.7 Å². The molecule has 25 heavy (non-hydrogen) atoms. The summed E-state index contributed by atoms with van der Waals surface area (Å²) in [5.74, 6) is 1.63. The van der Waals surface area contributed by atoms with Crippen LogP contribution in [-0.2, 0) is 6.54 Å². The quantitative estimate of drug-likeness (QED) is 0.774. The van der Waals surface area contributed by atoms with Crippen molar-refractivity contribution >= 4 is 39.3 Å². The number of nitrogens with one attached hydrogen (secondary N) is 1. The number of aryl methyl sites for hydroxylation is 1. The van der Waals surface area contributed by atoms with Crippen LogP contribution in [0.4, 0.5) is 10.1 Å². The summed E-state index contributed by atoms with van der Waals surface area (Å²) in [7, 11) is 0. The molecule has 0 saturated carbocycles. The van der Waals surface area contributed by atoms with Crippen molar-refractivity contribution in [1.82, 2.24) is 4.90 Å². The lowest BCUT2D eigenvalue weighted by molar-refractivity contribution is 0.102. The minimum absolute atomic E-state index is 0.293. The minimum atomic E-state index is -0.439. The lowest BCUT2D eigenvalue weighted by atomic mass is 10.1. The van der Waals surface area contributed by atoms with E-state index in [1.807, 2.05) is 30.8 Å². The maximum Gasteiger partial charge on any atom is 0.255 e. The van der Waals surface area contributed by atoms with Gasteiger partial charge >= 0.3 is 0 Å². The molecule has 0 unspecified atom stereocenters. The Morgan fingerprint density at radius 3 is 2.68 bits per heavy atom. The van der Waals surface area contributed by atoms with Gasteiger partial charge in [-0.2, -0.15) is 11.8 Å². The minimum Gasteiger partial charge on any atom is -0.322 e. The van der Waals surface area contributed by atoms with E-state index >= 15 is 0 Å². The van der Waals surface area contributed by atoms with Crippen molar-refractivity contribution in [2.45, 2.75) is 13.5 Å². The lowest BCUT2D eigenvalue weighted by Crippen LogP contribution is -2.31. The number of hydrogen-bond donors (Lipinski definition) is 1. The molecule has 1 aliphatic rings. The highest BCUT2D eigenvalue weighted by molar-refractivity contribution is 9.10. The monoisotopic (exact) mass is 422 g/mol. The van der Waals surface area contributed by atoms with E-state index in [4.69, 9.17) is 0 Å². The third-order valence-corrected chi connectivity index (χ3v) is 5.57. The summed E-state index contributed by atoms with van der Waals surface area (Å²) >= 11 is 5.21. The number of benzene rings is 2. The Balaban J connectivity index is 1.69. The van der Waals surface area contributed by atoms with E-state index in [1.165, 1.54) is 29.2 Å². The normalized spacial score (nSPS) is 15.2. The van der Waals surface area contributed by atoms with Crippen LogP contribution in [-0.4, -0.2) is 35.4 Å². The van der Waals surface area contributed by atoms with Gasteiger partial charge in [0.05, 0.1) is 0 Å². The molecule has 0 spiro atoms. The summed E-state index contributed by atoms with van der Waals surface area (Å²) in [6.07, 6.45) is 0. The molecule has 1 amide bonds. The van der Waals surface area contributed by atoms with Gasteiger partial charge in [0.15, 0.2) is 0 Å². The van der Waals surface area contributed by atoms with Gasteiger partial charge in [0.1, 0.15) is 5.82 Å². The summed E-state index contributed by atoms with van der Waals surface area (Å²) in [5, 5.41) is 2.87. The summed E-state index contributed by atoms with van der Waals surface area (Å²) < 4.78 is 14.0. The Morgan fingerprint density at radius 1 is 1.24 bits per heavy atom.